The van der Waals surface area contributed by atoms with Crippen molar-refractivity contribution < 1.29 is 14.7 Å². The van der Waals surface area contributed by atoms with Crippen molar-refractivity contribution >= 4 is 39.1 Å². The molecule has 1 unspecified atom stereocenters. The SMILES string of the molecule is CC(NC(=O)c1sccc1Br)(C(=O)O)c1ccccc1. The van der Waals surface area contributed by atoms with Crippen molar-refractivity contribution in [2.45, 2.75) is 12.5 Å². The summed E-state index contributed by atoms with van der Waals surface area (Å²) in [6, 6.07) is 10.4. The summed E-state index contributed by atoms with van der Waals surface area (Å²) in [5.41, 5.74) is -0.949. The number of carboxylic acid groups (broad SMARTS) is 1. The molecular formula is C14H12BrNO3S. The Morgan fingerprint density at radius 1 is 1.25 bits per heavy atom. The van der Waals surface area contributed by atoms with Crippen LogP contribution in [-0.4, -0.2) is 17.0 Å². The van der Waals surface area contributed by atoms with E-state index in [2.05, 4.69) is 21.2 Å². The third kappa shape index (κ3) is 2.76. The first kappa shape index (κ1) is 14.7. The van der Waals surface area contributed by atoms with Gasteiger partial charge in [-0.25, -0.2) is 4.79 Å². The van der Waals surface area contributed by atoms with E-state index in [-0.39, 0.29) is 0 Å². The Morgan fingerprint density at radius 2 is 1.90 bits per heavy atom. The van der Waals surface area contributed by atoms with E-state index in [1.54, 1.807) is 41.8 Å². The molecule has 104 valence electrons. The molecule has 0 aliphatic carbocycles. The second kappa shape index (κ2) is 5.76. The third-order valence-corrected chi connectivity index (χ3v) is 4.80. The second-order valence-corrected chi connectivity index (χ2v) is 6.12. The number of carbonyl (C=O) groups excluding carboxylic acids is 1. The highest BCUT2D eigenvalue weighted by atomic mass is 79.9. The van der Waals surface area contributed by atoms with Gasteiger partial charge in [-0.1, -0.05) is 30.3 Å². The van der Waals surface area contributed by atoms with E-state index >= 15 is 0 Å². The van der Waals surface area contributed by atoms with Gasteiger partial charge in [-0.05, 0) is 39.9 Å². The summed E-state index contributed by atoms with van der Waals surface area (Å²) in [7, 11) is 0. The number of halogens is 1. The topological polar surface area (TPSA) is 66.4 Å². The standard InChI is InChI=1S/C14H12BrNO3S/c1-14(13(18)19,9-5-3-2-4-6-9)16-12(17)11-10(15)7-8-20-11/h2-8H,1H3,(H,16,17)(H,18,19). The fourth-order valence-corrected chi connectivity index (χ4v) is 3.21. The Morgan fingerprint density at radius 3 is 2.40 bits per heavy atom. The van der Waals surface area contributed by atoms with Gasteiger partial charge in [-0.15, -0.1) is 11.3 Å². The van der Waals surface area contributed by atoms with Gasteiger partial charge in [0.2, 0.25) is 0 Å². The molecule has 4 nitrogen and oxygen atoms in total. The second-order valence-electron chi connectivity index (χ2n) is 4.35. The van der Waals surface area contributed by atoms with E-state index in [9.17, 15) is 14.7 Å². The minimum Gasteiger partial charge on any atom is -0.479 e. The van der Waals surface area contributed by atoms with E-state index in [4.69, 9.17) is 0 Å². The fraction of sp³-hybridized carbons (Fsp3) is 0.143. The zero-order valence-corrected chi connectivity index (χ0v) is 13.0. The van der Waals surface area contributed by atoms with Crippen LogP contribution in [0.15, 0.2) is 46.3 Å². The Balaban J connectivity index is 2.34. The van der Waals surface area contributed by atoms with Crippen molar-refractivity contribution in [2.75, 3.05) is 0 Å². The van der Waals surface area contributed by atoms with Gasteiger partial charge in [-0.2, -0.15) is 0 Å². The summed E-state index contributed by atoms with van der Waals surface area (Å²) in [6.45, 7) is 1.48. The third-order valence-electron chi connectivity index (χ3n) is 2.97. The van der Waals surface area contributed by atoms with Crippen LogP contribution in [0.2, 0.25) is 0 Å². The van der Waals surface area contributed by atoms with Crippen molar-refractivity contribution in [3.05, 3.63) is 56.7 Å². The number of carboxylic acids is 1. The fourth-order valence-electron chi connectivity index (χ4n) is 1.76. The van der Waals surface area contributed by atoms with Gasteiger partial charge in [0.25, 0.3) is 5.91 Å². The van der Waals surface area contributed by atoms with Crippen LogP contribution in [-0.2, 0) is 10.3 Å². The molecule has 0 bridgehead atoms. The van der Waals surface area contributed by atoms with E-state index in [1.807, 2.05) is 0 Å². The first-order valence-corrected chi connectivity index (χ1v) is 7.47. The average molecular weight is 354 g/mol. The first-order valence-electron chi connectivity index (χ1n) is 5.79. The van der Waals surface area contributed by atoms with Crippen molar-refractivity contribution in [1.29, 1.82) is 0 Å². The van der Waals surface area contributed by atoms with Gasteiger partial charge in [0, 0.05) is 4.47 Å². The molecule has 0 aliphatic rings. The van der Waals surface area contributed by atoms with Crippen LogP contribution in [0.4, 0.5) is 0 Å². The van der Waals surface area contributed by atoms with Gasteiger partial charge in [0.1, 0.15) is 4.88 Å². The Bertz CT molecular complexity index is 641. The summed E-state index contributed by atoms with van der Waals surface area (Å²) in [5.74, 6) is -1.52. The molecule has 0 radical (unpaired) electrons. The number of hydrogen-bond acceptors (Lipinski definition) is 3. The maximum Gasteiger partial charge on any atom is 0.333 e. The number of benzene rings is 1. The number of thiophene rings is 1. The molecule has 2 N–H and O–H groups in total. The van der Waals surface area contributed by atoms with Crippen LogP contribution < -0.4 is 5.32 Å². The zero-order valence-electron chi connectivity index (χ0n) is 10.6. The van der Waals surface area contributed by atoms with E-state index < -0.39 is 17.4 Å². The van der Waals surface area contributed by atoms with Crippen LogP contribution in [0.3, 0.4) is 0 Å². The van der Waals surface area contributed by atoms with E-state index in [0.717, 1.165) is 0 Å². The quantitative estimate of drug-likeness (QED) is 0.886. The summed E-state index contributed by atoms with van der Waals surface area (Å²) in [6.07, 6.45) is 0. The molecular weight excluding hydrogens is 342 g/mol. The van der Waals surface area contributed by atoms with Crippen molar-refractivity contribution in [1.82, 2.24) is 5.32 Å². The predicted octanol–water partition coefficient (Wildman–Crippen LogP) is 3.24. The monoisotopic (exact) mass is 353 g/mol. The zero-order chi connectivity index (χ0) is 14.8. The highest BCUT2D eigenvalue weighted by Crippen LogP contribution is 2.26. The normalized spacial score (nSPS) is 13.5. The molecule has 1 heterocycles. The molecule has 0 fully saturated rings. The number of hydrogen-bond donors (Lipinski definition) is 2. The Labute approximate surface area is 128 Å². The van der Waals surface area contributed by atoms with E-state index in [1.165, 1.54) is 18.3 Å². The number of aliphatic carboxylic acids is 1. The maximum absolute atomic E-state index is 12.2. The first-order chi connectivity index (χ1) is 9.45. The molecule has 0 saturated heterocycles. The van der Waals surface area contributed by atoms with Gasteiger partial charge >= 0.3 is 5.97 Å². The molecule has 1 atom stereocenters. The van der Waals surface area contributed by atoms with Crippen LogP contribution >= 0.6 is 27.3 Å². The smallest absolute Gasteiger partial charge is 0.333 e. The molecule has 1 amide bonds. The molecule has 0 aliphatic heterocycles. The molecule has 2 aromatic rings. The van der Waals surface area contributed by atoms with E-state index in [0.29, 0.717) is 14.9 Å². The lowest BCUT2D eigenvalue weighted by atomic mass is 9.92. The van der Waals surface area contributed by atoms with Gasteiger partial charge in [-0.3, -0.25) is 4.79 Å². The van der Waals surface area contributed by atoms with Crippen molar-refractivity contribution in [3.63, 3.8) is 0 Å². The largest absolute Gasteiger partial charge is 0.479 e. The van der Waals surface area contributed by atoms with Crippen LogP contribution in [0.1, 0.15) is 22.2 Å². The lowest BCUT2D eigenvalue weighted by Crippen LogP contribution is -2.49. The van der Waals surface area contributed by atoms with Crippen LogP contribution in [0, 0.1) is 0 Å². The minimum absolute atomic E-state index is 0.416. The molecule has 2 rings (SSSR count). The molecule has 0 spiro atoms. The van der Waals surface area contributed by atoms with Gasteiger partial charge < -0.3 is 10.4 Å². The van der Waals surface area contributed by atoms with Crippen LogP contribution in [0.25, 0.3) is 0 Å². The number of nitrogens with one attached hydrogen (secondary N) is 1. The van der Waals surface area contributed by atoms with Crippen molar-refractivity contribution in [3.8, 4) is 0 Å². The minimum atomic E-state index is -1.47. The van der Waals surface area contributed by atoms with Gasteiger partial charge in [0.15, 0.2) is 5.54 Å². The lowest BCUT2D eigenvalue weighted by Gasteiger charge is -2.26. The summed E-state index contributed by atoms with van der Waals surface area (Å²) >= 11 is 4.52. The summed E-state index contributed by atoms with van der Waals surface area (Å²) < 4.78 is 0.654. The number of carbonyl (C=O) groups is 2. The Kier molecular flexibility index (Phi) is 4.25. The predicted molar refractivity (Wildman–Crippen MR) is 80.9 cm³/mol. The summed E-state index contributed by atoms with van der Waals surface area (Å²) in [4.78, 5) is 24.3. The highest BCUT2D eigenvalue weighted by Gasteiger charge is 2.37. The van der Waals surface area contributed by atoms with Gasteiger partial charge in [0.05, 0.1) is 0 Å². The Hall–Kier alpha value is -1.66. The van der Waals surface area contributed by atoms with Crippen LogP contribution in [0.5, 0.6) is 0 Å². The highest BCUT2D eigenvalue weighted by molar-refractivity contribution is 9.10. The number of rotatable bonds is 4. The molecule has 1 aromatic carbocycles. The summed E-state index contributed by atoms with van der Waals surface area (Å²) in [5, 5.41) is 13.8. The number of amides is 1. The molecule has 1 aromatic heterocycles. The lowest BCUT2D eigenvalue weighted by molar-refractivity contribution is -0.144. The van der Waals surface area contributed by atoms with Crippen molar-refractivity contribution in [2.24, 2.45) is 0 Å². The maximum atomic E-state index is 12.2. The molecule has 6 heteroatoms. The molecule has 20 heavy (non-hydrogen) atoms. The molecule has 0 saturated carbocycles. The average Bonchev–Trinajstić information content (AvgIpc) is 2.85.